The number of rotatable bonds is 5. The summed E-state index contributed by atoms with van der Waals surface area (Å²) in [5, 5.41) is 21.8. The van der Waals surface area contributed by atoms with E-state index >= 15 is 0 Å². The molecule has 2 N–H and O–H groups in total. The van der Waals surface area contributed by atoms with E-state index in [4.69, 9.17) is 10.5 Å². The van der Waals surface area contributed by atoms with Gasteiger partial charge in [-0.1, -0.05) is 12.1 Å². The van der Waals surface area contributed by atoms with E-state index in [-0.39, 0.29) is 24.7 Å². The summed E-state index contributed by atoms with van der Waals surface area (Å²) in [5.41, 5.74) is 1.44. The lowest BCUT2D eigenvalue weighted by Gasteiger charge is -2.06. The van der Waals surface area contributed by atoms with E-state index in [9.17, 15) is 9.59 Å². The van der Waals surface area contributed by atoms with Gasteiger partial charge in [0.15, 0.2) is 0 Å². The van der Waals surface area contributed by atoms with Crippen molar-refractivity contribution in [1.82, 2.24) is 5.32 Å². The second kappa shape index (κ2) is 7.46. The first-order valence-corrected chi connectivity index (χ1v) is 5.55. The Morgan fingerprint density at radius 3 is 2.16 bits per heavy atom. The molecule has 0 radical (unpaired) electrons. The standard InChI is InChI=1S/C13H12N4O2/c14-7-5-12(18)16-9-10-1-3-11(4-2-10)17-13(19)6-8-15/h1-4H,5-6,9H2,(H,16,18)(H,17,19). The molecule has 0 saturated heterocycles. The average molecular weight is 256 g/mol. The van der Waals surface area contributed by atoms with Crippen molar-refractivity contribution in [2.24, 2.45) is 0 Å². The van der Waals surface area contributed by atoms with Crippen molar-refractivity contribution in [3.8, 4) is 12.1 Å². The van der Waals surface area contributed by atoms with Crippen LogP contribution < -0.4 is 10.6 Å². The zero-order valence-corrected chi connectivity index (χ0v) is 10.1. The maximum Gasteiger partial charge on any atom is 0.238 e. The number of carbonyl (C=O) groups is 2. The molecule has 0 aliphatic carbocycles. The van der Waals surface area contributed by atoms with Gasteiger partial charge in [-0.2, -0.15) is 10.5 Å². The lowest BCUT2D eigenvalue weighted by atomic mass is 10.2. The van der Waals surface area contributed by atoms with Crippen LogP contribution in [0.4, 0.5) is 5.69 Å². The van der Waals surface area contributed by atoms with Gasteiger partial charge >= 0.3 is 0 Å². The van der Waals surface area contributed by atoms with Crippen molar-refractivity contribution in [3.63, 3.8) is 0 Å². The third-order valence-electron chi connectivity index (χ3n) is 2.21. The molecular formula is C13H12N4O2. The Kier molecular flexibility index (Phi) is 5.58. The largest absolute Gasteiger partial charge is 0.351 e. The zero-order valence-electron chi connectivity index (χ0n) is 10.1. The molecule has 0 heterocycles. The van der Waals surface area contributed by atoms with Gasteiger partial charge in [-0.15, -0.1) is 0 Å². The fraction of sp³-hybridized carbons (Fsp3) is 0.231. The predicted octanol–water partition coefficient (Wildman–Crippen LogP) is 1.07. The second-order valence-corrected chi connectivity index (χ2v) is 3.69. The van der Waals surface area contributed by atoms with Crippen molar-refractivity contribution in [3.05, 3.63) is 29.8 Å². The molecule has 0 unspecified atom stereocenters. The number of hydrogen-bond acceptors (Lipinski definition) is 4. The SMILES string of the molecule is N#CCC(=O)NCc1ccc(NC(=O)CC#N)cc1. The number of amides is 2. The third-order valence-corrected chi connectivity index (χ3v) is 2.21. The van der Waals surface area contributed by atoms with Crippen LogP contribution in [0.1, 0.15) is 18.4 Å². The fourth-order valence-corrected chi connectivity index (χ4v) is 1.32. The van der Waals surface area contributed by atoms with Crippen molar-refractivity contribution in [1.29, 1.82) is 10.5 Å². The van der Waals surface area contributed by atoms with Crippen LogP contribution in [-0.2, 0) is 16.1 Å². The van der Waals surface area contributed by atoms with Crippen LogP contribution in [0.2, 0.25) is 0 Å². The monoisotopic (exact) mass is 256 g/mol. The van der Waals surface area contributed by atoms with Crippen LogP contribution in [0.25, 0.3) is 0 Å². The molecule has 2 amide bonds. The number of nitriles is 2. The Hall–Kier alpha value is -2.86. The third kappa shape index (κ3) is 5.33. The average Bonchev–Trinajstić information content (AvgIpc) is 2.38. The second-order valence-electron chi connectivity index (χ2n) is 3.69. The summed E-state index contributed by atoms with van der Waals surface area (Å²) in [7, 11) is 0. The van der Waals surface area contributed by atoms with Gasteiger partial charge < -0.3 is 10.6 Å². The van der Waals surface area contributed by atoms with Crippen molar-refractivity contribution in [2.45, 2.75) is 19.4 Å². The summed E-state index contributed by atoms with van der Waals surface area (Å²) in [5.74, 6) is -0.688. The molecule has 6 nitrogen and oxygen atoms in total. The molecule has 19 heavy (non-hydrogen) atoms. The molecule has 1 aromatic rings. The van der Waals surface area contributed by atoms with E-state index in [1.54, 1.807) is 36.4 Å². The Balaban J connectivity index is 2.48. The van der Waals surface area contributed by atoms with Gasteiger partial charge in [0.2, 0.25) is 11.8 Å². The highest BCUT2D eigenvalue weighted by Gasteiger charge is 2.02. The first kappa shape index (κ1) is 14.2. The number of nitrogens with one attached hydrogen (secondary N) is 2. The summed E-state index contributed by atoms with van der Waals surface area (Å²) in [4.78, 5) is 22.2. The molecule has 0 fully saturated rings. The van der Waals surface area contributed by atoms with Gasteiger partial charge in [-0.25, -0.2) is 0 Å². The first-order valence-electron chi connectivity index (χ1n) is 5.55. The van der Waals surface area contributed by atoms with E-state index in [1.807, 2.05) is 0 Å². The lowest BCUT2D eigenvalue weighted by molar-refractivity contribution is -0.120. The number of benzene rings is 1. The number of nitrogens with zero attached hydrogens (tertiary/aromatic N) is 2. The summed E-state index contributed by atoms with van der Waals surface area (Å²) >= 11 is 0. The minimum atomic E-state index is -0.363. The van der Waals surface area contributed by atoms with Crippen LogP contribution >= 0.6 is 0 Å². The normalized spacial score (nSPS) is 8.95. The molecule has 6 heteroatoms. The van der Waals surface area contributed by atoms with E-state index in [0.717, 1.165) is 5.56 Å². The molecule has 0 spiro atoms. The molecule has 1 aromatic carbocycles. The molecule has 0 atom stereocenters. The molecule has 0 aliphatic rings. The summed E-state index contributed by atoms with van der Waals surface area (Å²) in [6.45, 7) is 0.326. The molecule has 0 bridgehead atoms. The molecule has 1 rings (SSSR count). The highest BCUT2D eigenvalue weighted by molar-refractivity contribution is 5.92. The van der Waals surface area contributed by atoms with Crippen LogP contribution in [-0.4, -0.2) is 11.8 Å². The fourth-order valence-electron chi connectivity index (χ4n) is 1.32. The minimum Gasteiger partial charge on any atom is -0.351 e. The number of anilines is 1. The highest BCUT2D eigenvalue weighted by Crippen LogP contribution is 2.09. The maximum atomic E-state index is 11.2. The van der Waals surface area contributed by atoms with E-state index in [2.05, 4.69) is 10.6 Å². The predicted molar refractivity (Wildman–Crippen MR) is 67.4 cm³/mol. The van der Waals surface area contributed by atoms with Crippen LogP contribution in [0, 0.1) is 22.7 Å². The minimum absolute atomic E-state index is 0.164. The van der Waals surface area contributed by atoms with Gasteiger partial charge in [-0.3, -0.25) is 9.59 Å². The van der Waals surface area contributed by atoms with Gasteiger partial charge in [0.25, 0.3) is 0 Å². The Bertz CT molecular complexity index is 537. The van der Waals surface area contributed by atoms with Gasteiger partial charge in [0, 0.05) is 12.2 Å². The lowest BCUT2D eigenvalue weighted by Crippen LogP contribution is -2.21. The molecule has 0 saturated carbocycles. The Labute approximate surface area is 110 Å². The first-order chi connectivity index (χ1) is 9.15. The van der Waals surface area contributed by atoms with Gasteiger partial charge in [0.1, 0.15) is 12.8 Å². The Morgan fingerprint density at radius 2 is 1.58 bits per heavy atom. The smallest absolute Gasteiger partial charge is 0.238 e. The highest BCUT2D eigenvalue weighted by atomic mass is 16.2. The van der Waals surface area contributed by atoms with Crippen LogP contribution in [0.5, 0.6) is 0 Å². The van der Waals surface area contributed by atoms with Crippen molar-refractivity contribution in [2.75, 3.05) is 5.32 Å². The number of hydrogen-bond donors (Lipinski definition) is 2. The molecular weight excluding hydrogens is 244 g/mol. The summed E-state index contributed by atoms with van der Waals surface area (Å²) in [6, 6.07) is 10.4. The van der Waals surface area contributed by atoms with Crippen LogP contribution in [0.15, 0.2) is 24.3 Å². The van der Waals surface area contributed by atoms with E-state index in [0.29, 0.717) is 12.2 Å². The topological polar surface area (TPSA) is 106 Å². The Morgan fingerprint density at radius 1 is 1.00 bits per heavy atom. The van der Waals surface area contributed by atoms with Gasteiger partial charge in [-0.05, 0) is 17.7 Å². The van der Waals surface area contributed by atoms with Gasteiger partial charge in [0.05, 0.1) is 12.1 Å². The molecule has 0 aromatic heterocycles. The summed E-state index contributed by atoms with van der Waals surface area (Å²) in [6.07, 6.45) is -0.353. The van der Waals surface area contributed by atoms with Crippen LogP contribution in [0.3, 0.4) is 0 Å². The van der Waals surface area contributed by atoms with E-state index in [1.165, 1.54) is 0 Å². The molecule has 96 valence electrons. The maximum absolute atomic E-state index is 11.2. The van der Waals surface area contributed by atoms with E-state index < -0.39 is 0 Å². The van der Waals surface area contributed by atoms with Crippen molar-refractivity contribution < 1.29 is 9.59 Å². The summed E-state index contributed by atoms with van der Waals surface area (Å²) < 4.78 is 0. The van der Waals surface area contributed by atoms with Crippen molar-refractivity contribution >= 4 is 17.5 Å². The quantitative estimate of drug-likeness (QED) is 0.821. The number of carbonyl (C=O) groups excluding carboxylic acids is 2. The molecule has 0 aliphatic heterocycles. The zero-order chi connectivity index (χ0) is 14.1.